The van der Waals surface area contributed by atoms with E-state index in [9.17, 15) is 4.79 Å². The third kappa shape index (κ3) is 4.00. The lowest BCUT2D eigenvalue weighted by atomic mass is 10.0. The van der Waals surface area contributed by atoms with Crippen molar-refractivity contribution < 1.29 is 19.1 Å². The zero-order valence-corrected chi connectivity index (χ0v) is 15.8. The first-order valence-electron chi connectivity index (χ1n) is 9.36. The van der Waals surface area contributed by atoms with Gasteiger partial charge in [-0.1, -0.05) is 54.6 Å². The van der Waals surface area contributed by atoms with Crippen molar-refractivity contribution in [3.63, 3.8) is 0 Å². The minimum absolute atomic E-state index is 0.0794. The summed E-state index contributed by atoms with van der Waals surface area (Å²) in [5.41, 5.74) is 11.2. The second-order valence-corrected chi connectivity index (χ2v) is 6.81. The van der Waals surface area contributed by atoms with Crippen molar-refractivity contribution in [3.8, 4) is 16.9 Å². The van der Waals surface area contributed by atoms with Crippen LogP contribution in [0.4, 0.5) is 0 Å². The van der Waals surface area contributed by atoms with Crippen LogP contribution in [0.2, 0.25) is 0 Å². The fourth-order valence-electron chi connectivity index (χ4n) is 3.42. The Labute approximate surface area is 168 Å². The van der Waals surface area contributed by atoms with Crippen LogP contribution < -0.4 is 10.5 Å². The molecule has 0 aliphatic carbocycles. The number of benzene rings is 3. The van der Waals surface area contributed by atoms with Crippen molar-refractivity contribution in [1.29, 1.82) is 0 Å². The van der Waals surface area contributed by atoms with Gasteiger partial charge in [0.25, 0.3) is 0 Å². The largest absolute Gasteiger partial charge is 0.488 e. The zero-order chi connectivity index (χ0) is 20.2. The third-order valence-corrected chi connectivity index (χ3v) is 4.85. The van der Waals surface area contributed by atoms with Crippen molar-refractivity contribution in [3.05, 3.63) is 89.7 Å². The highest BCUT2D eigenvalue weighted by molar-refractivity contribution is 5.94. The van der Waals surface area contributed by atoms with Gasteiger partial charge in [-0.2, -0.15) is 0 Å². The summed E-state index contributed by atoms with van der Waals surface area (Å²) >= 11 is 0. The summed E-state index contributed by atoms with van der Waals surface area (Å²) in [6.45, 7) is 0.771. The molecule has 0 atom stereocenters. The molecule has 0 amide bonds. The van der Waals surface area contributed by atoms with Crippen LogP contribution in [0.3, 0.4) is 0 Å². The molecule has 0 aliphatic heterocycles. The van der Waals surface area contributed by atoms with E-state index < -0.39 is 5.97 Å². The van der Waals surface area contributed by atoms with Crippen molar-refractivity contribution in [2.24, 2.45) is 5.73 Å². The summed E-state index contributed by atoms with van der Waals surface area (Å²) in [5, 5.41) is 10.1. The molecule has 5 nitrogen and oxygen atoms in total. The highest BCUT2D eigenvalue weighted by Crippen LogP contribution is 2.33. The van der Waals surface area contributed by atoms with Gasteiger partial charge in [-0.05, 0) is 23.3 Å². The van der Waals surface area contributed by atoms with E-state index in [1.807, 2.05) is 42.5 Å². The number of nitrogens with two attached hydrogens (primary N) is 1. The lowest BCUT2D eigenvalue weighted by Crippen LogP contribution is -2.03. The number of carboxylic acid groups (broad SMARTS) is 1. The minimum Gasteiger partial charge on any atom is -0.488 e. The minimum atomic E-state index is -0.890. The van der Waals surface area contributed by atoms with Crippen molar-refractivity contribution in [2.75, 3.05) is 0 Å². The van der Waals surface area contributed by atoms with Gasteiger partial charge in [0.1, 0.15) is 17.9 Å². The number of fused-ring (bicyclic) bond motifs is 1. The van der Waals surface area contributed by atoms with Crippen LogP contribution in [0, 0.1) is 0 Å². The maximum atomic E-state index is 11.1. The number of para-hydroxylation sites is 2. The first-order valence-corrected chi connectivity index (χ1v) is 9.36. The summed E-state index contributed by atoms with van der Waals surface area (Å²) in [4.78, 5) is 11.1. The van der Waals surface area contributed by atoms with Gasteiger partial charge in [0, 0.05) is 28.6 Å². The van der Waals surface area contributed by atoms with Crippen LogP contribution in [-0.4, -0.2) is 11.1 Å². The second kappa shape index (κ2) is 8.20. The van der Waals surface area contributed by atoms with Gasteiger partial charge in [0.15, 0.2) is 0 Å². The molecular formula is C24H21NO4. The van der Waals surface area contributed by atoms with Crippen LogP contribution in [0.1, 0.15) is 16.7 Å². The predicted molar refractivity (Wildman–Crippen MR) is 112 cm³/mol. The molecule has 146 valence electrons. The molecule has 3 aromatic carbocycles. The Hall–Kier alpha value is -3.57. The van der Waals surface area contributed by atoms with Crippen LogP contribution in [0.15, 0.2) is 77.4 Å². The molecular weight excluding hydrogens is 366 g/mol. The molecule has 5 heteroatoms. The lowest BCUT2D eigenvalue weighted by Gasteiger charge is -2.09. The van der Waals surface area contributed by atoms with E-state index in [4.69, 9.17) is 20.0 Å². The number of furan rings is 1. The summed E-state index contributed by atoms with van der Waals surface area (Å²) in [6.07, 6.45) is 1.62. The van der Waals surface area contributed by atoms with Gasteiger partial charge in [-0.25, -0.2) is 0 Å². The number of ether oxygens (including phenoxy) is 1. The highest BCUT2D eigenvalue weighted by Gasteiger charge is 2.13. The average Bonchev–Trinajstić information content (AvgIpc) is 3.16. The fraction of sp³-hybridized carbons (Fsp3) is 0.125. The SMILES string of the molecule is NCc1cccc(-c2cccc3c(COc4ccccc4CC(=O)O)coc23)c1. The standard InChI is InChI=1S/C24H21NO4/c25-13-16-5-3-7-17(11-16)20-8-4-9-21-19(15-29-24(20)21)14-28-22-10-2-1-6-18(22)12-23(26)27/h1-11,15H,12-14,25H2,(H,26,27). The summed E-state index contributed by atoms with van der Waals surface area (Å²) < 4.78 is 11.8. The van der Waals surface area contributed by atoms with E-state index in [2.05, 4.69) is 6.07 Å². The van der Waals surface area contributed by atoms with Gasteiger partial charge in [-0.3, -0.25) is 4.79 Å². The molecule has 1 aromatic heterocycles. The summed E-state index contributed by atoms with van der Waals surface area (Å²) in [5.74, 6) is -0.324. The van der Waals surface area contributed by atoms with E-state index in [1.54, 1.807) is 24.5 Å². The van der Waals surface area contributed by atoms with E-state index >= 15 is 0 Å². The third-order valence-electron chi connectivity index (χ3n) is 4.85. The molecule has 1 heterocycles. The normalized spacial score (nSPS) is 10.9. The molecule has 29 heavy (non-hydrogen) atoms. The van der Waals surface area contributed by atoms with Gasteiger partial charge >= 0.3 is 5.97 Å². The molecule has 0 saturated carbocycles. The number of carbonyl (C=O) groups is 1. The lowest BCUT2D eigenvalue weighted by molar-refractivity contribution is -0.136. The molecule has 0 radical (unpaired) electrons. The Bertz CT molecular complexity index is 1160. The molecule has 0 fully saturated rings. The first kappa shape index (κ1) is 18.8. The quantitative estimate of drug-likeness (QED) is 0.477. The van der Waals surface area contributed by atoms with Crippen molar-refractivity contribution >= 4 is 16.9 Å². The van der Waals surface area contributed by atoms with Crippen LogP contribution >= 0.6 is 0 Å². The Morgan fingerprint density at radius 3 is 2.66 bits per heavy atom. The van der Waals surface area contributed by atoms with Crippen molar-refractivity contribution in [2.45, 2.75) is 19.6 Å². The molecule has 4 rings (SSSR count). The van der Waals surface area contributed by atoms with Crippen LogP contribution in [0.25, 0.3) is 22.1 Å². The fourth-order valence-corrected chi connectivity index (χ4v) is 3.42. The summed E-state index contributed by atoms with van der Waals surface area (Å²) in [7, 11) is 0. The molecule has 0 unspecified atom stereocenters. The Balaban J connectivity index is 1.63. The van der Waals surface area contributed by atoms with E-state index in [-0.39, 0.29) is 13.0 Å². The molecule has 0 saturated heterocycles. The van der Waals surface area contributed by atoms with E-state index in [1.165, 1.54) is 0 Å². The number of hydrogen-bond donors (Lipinski definition) is 2. The Morgan fingerprint density at radius 2 is 1.83 bits per heavy atom. The predicted octanol–water partition coefficient (Wildman–Crippen LogP) is 4.76. The molecule has 4 aromatic rings. The smallest absolute Gasteiger partial charge is 0.307 e. The van der Waals surface area contributed by atoms with E-state index in [0.29, 0.717) is 17.9 Å². The number of carboxylic acids is 1. The molecule has 0 aliphatic rings. The zero-order valence-electron chi connectivity index (χ0n) is 15.8. The van der Waals surface area contributed by atoms with Gasteiger partial charge in [0.05, 0.1) is 12.7 Å². The molecule has 0 spiro atoms. The van der Waals surface area contributed by atoms with Gasteiger partial charge in [-0.15, -0.1) is 0 Å². The van der Waals surface area contributed by atoms with Gasteiger partial charge in [0.2, 0.25) is 0 Å². The molecule has 3 N–H and O–H groups in total. The highest BCUT2D eigenvalue weighted by atomic mass is 16.5. The second-order valence-electron chi connectivity index (χ2n) is 6.81. The van der Waals surface area contributed by atoms with Gasteiger partial charge < -0.3 is 20.0 Å². The summed E-state index contributed by atoms with van der Waals surface area (Å²) in [6, 6.07) is 21.3. The van der Waals surface area contributed by atoms with Crippen LogP contribution in [-0.2, 0) is 24.4 Å². The van der Waals surface area contributed by atoms with Crippen LogP contribution in [0.5, 0.6) is 5.75 Å². The monoisotopic (exact) mass is 387 g/mol. The Morgan fingerprint density at radius 1 is 1.00 bits per heavy atom. The van der Waals surface area contributed by atoms with E-state index in [0.717, 1.165) is 33.2 Å². The maximum Gasteiger partial charge on any atom is 0.307 e. The number of hydrogen-bond acceptors (Lipinski definition) is 4. The number of rotatable bonds is 7. The Kier molecular flexibility index (Phi) is 5.31. The van der Waals surface area contributed by atoms with Crippen molar-refractivity contribution in [1.82, 2.24) is 0 Å². The first-order chi connectivity index (χ1) is 14.2. The maximum absolute atomic E-state index is 11.1. The number of aliphatic carboxylic acids is 1. The average molecular weight is 387 g/mol. The topological polar surface area (TPSA) is 85.7 Å². The molecule has 0 bridgehead atoms.